The van der Waals surface area contributed by atoms with Gasteiger partial charge in [-0.25, -0.2) is 9.59 Å². The van der Waals surface area contributed by atoms with Crippen molar-refractivity contribution in [3.8, 4) is 0 Å². The quantitative estimate of drug-likeness (QED) is 0.00206. The van der Waals surface area contributed by atoms with Gasteiger partial charge in [-0.15, -0.1) is 69.6 Å². The monoisotopic (exact) mass is 2040 g/mol. The van der Waals surface area contributed by atoms with E-state index in [9.17, 15) is 93.5 Å². The fraction of sp³-hybridized carbons (Fsp3) is 0.541. The van der Waals surface area contributed by atoms with Crippen molar-refractivity contribution in [2.75, 3.05) is 79.0 Å². The van der Waals surface area contributed by atoms with E-state index in [1.165, 1.54) is 94.9 Å². The van der Waals surface area contributed by atoms with Crippen LogP contribution in [-0.2, 0) is 103 Å². The number of nitrogens with one attached hydrogen (secondary N) is 3. The minimum atomic E-state index is -1.09. The number of carbonyl (C=O) groups is 10. The topological polar surface area (TPSA) is 522 Å². The van der Waals surface area contributed by atoms with Crippen molar-refractivity contribution in [3.63, 3.8) is 0 Å². The molecule has 0 aliphatic carbocycles. The smallest absolute Gasteiger partial charge is 0.410 e. The third-order valence-corrected chi connectivity index (χ3v) is 17.9. The molecule has 123 heavy (non-hydrogen) atoms. The number of amides is 3. The normalized spacial score (nSPS) is 11.7. The lowest BCUT2D eigenvalue weighted by Gasteiger charge is -2.23. The van der Waals surface area contributed by atoms with E-state index in [1.807, 2.05) is 20.8 Å². The molecule has 0 fully saturated rings. The lowest BCUT2D eigenvalue weighted by Crippen LogP contribution is -2.38. The molecule has 4 rings (SSSR count). The molecule has 0 bridgehead atoms. The first-order valence-corrected chi connectivity index (χ1v) is 43.0. The Balaban J connectivity index is 0. The molecule has 0 unspecified atom stereocenters. The van der Waals surface area contributed by atoms with Crippen LogP contribution >= 0.6 is 120 Å². The summed E-state index contributed by atoms with van der Waals surface area (Å²) in [6, 6.07) is 15.2. The molecule has 4 aromatic rings. The maximum absolute atomic E-state index is 12.3. The Morgan fingerprint density at radius 1 is 0.480 bits per heavy atom. The number of rotatable bonds is 46. The summed E-state index contributed by atoms with van der Waals surface area (Å²) in [4.78, 5) is 159. The van der Waals surface area contributed by atoms with Gasteiger partial charge in [-0.2, -0.15) is 0 Å². The molecular formula is C74H102B3BrCl7IN11O26. The van der Waals surface area contributed by atoms with Gasteiger partial charge in [0.15, 0.2) is 0 Å². The van der Waals surface area contributed by atoms with E-state index in [-0.39, 0.29) is 161 Å². The van der Waals surface area contributed by atoms with Gasteiger partial charge in [0.1, 0.15) is 30.0 Å². The molecule has 4 aromatic carbocycles. The number of nitrogens with zero attached hydrogens (tertiary/aromatic N) is 7. The number of nitro groups is 4. The minimum absolute atomic E-state index is 0.00667. The predicted molar refractivity (Wildman–Crippen MR) is 482 cm³/mol. The van der Waals surface area contributed by atoms with Crippen LogP contribution < -0.4 is 21.4 Å². The molecule has 0 aromatic heterocycles. The fourth-order valence-corrected chi connectivity index (χ4v) is 12.4. The number of hydrogen-bond donors (Lipinski definition) is 7. The zero-order chi connectivity index (χ0) is 94.2. The highest BCUT2D eigenvalue weighted by Gasteiger charge is 2.29. The molecule has 0 aliphatic heterocycles. The molecule has 0 saturated heterocycles. The first-order chi connectivity index (χ1) is 57.7. The Morgan fingerprint density at radius 2 is 0.764 bits per heavy atom. The lowest BCUT2D eigenvalue weighted by molar-refractivity contribution is -0.385. The van der Waals surface area contributed by atoms with Crippen molar-refractivity contribution in [1.29, 1.82) is 0 Å². The van der Waals surface area contributed by atoms with Crippen LogP contribution in [0.4, 0.5) is 37.1 Å². The average Bonchev–Trinajstić information content (AvgIpc) is 0.810. The maximum Gasteiger partial charge on any atom is 0.410 e. The Hall–Kier alpha value is -7.43. The number of aliphatic hydroxyl groups excluding tert-OH is 2. The van der Waals surface area contributed by atoms with Crippen LogP contribution in [0.25, 0.3) is 0 Å². The summed E-state index contributed by atoms with van der Waals surface area (Å²) in [6.07, 6.45) is 0.438. The number of carboxylic acids is 1. The van der Waals surface area contributed by atoms with Gasteiger partial charge in [0.2, 0.25) is 0 Å². The number of benzene rings is 4. The van der Waals surface area contributed by atoms with Gasteiger partial charge in [0.25, 0.3) is 45.0 Å². The van der Waals surface area contributed by atoms with Gasteiger partial charge in [0.05, 0.1) is 81.6 Å². The standard InChI is InChI=1S/C21H29BCl2N3O7.C16H22BN2O6.C16H21Cl2N3O6.C9H16BINO3.C7H6BrNO3.C5H8Cl3NO/c1-21(2,3)34-19(29)12-17(25-22-14-28)11-16-10-15(4-5-18(16)27(31)32)13-33-20(30)26(8-6-23)9-7-24;1-16(2,3)25-15(22)8-13(18-17-10-21)7-12-6-11(9-20)4-5-14(12)19(23)24;17-3-5-20(6-4-18)16(24)27-10-11-1-2-14(21(25)26)12(7-11)8-13(19)9-15(22)23;1-9(2,3)15-8(14)4-7(5-11)12-10-6-13;8-6-3-5(4-10)1-2-7(6)9(11)12;6-1-3-9(4-2-7)5(8)10/h4-5,10,14,17,25H,6-9,11-13H2,1-3H3;4-6,10,13,18,20H,7-9H2,1-3H3;1-2,7,13H,3-6,8-10,19H2,(H,22,23);6-7,12H,4-5H2,1-3H3;1-3,10H,4H2;1-4H2/t17-;2*13-;7-;;/m1110../s1. The number of nitrogens with two attached hydrogens (primary N) is 1. The Bertz CT molecular complexity index is 3990. The van der Waals surface area contributed by atoms with Crippen molar-refractivity contribution >= 4 is 225 Å². The van der Waals surface area contributed by atoms with Crippen LogP contribution in [0.15, 0.2) is 77.3 Å². The van der Waals surface area contributed by atoms with E-state index in [0.717, 1.165) is 19.3 Å². The van der Waals surface area contributed by atoms with E-state index in [1.54, 1.807) is 41.5 Å². The second-order valence-electron chi connectivity index (χ2n) is 28.5. The van der Waals surface area contributed by atoms with Crippen molar-refractivity contribution in [1.82, 2.24) is 30.4 Å². The summed E-state index contributed by atoms with van der Waals surface area (Å²) in [5.74, 6) is -0.671. The number of aliphatic hydroxyl groups is 2. The van der Waals surface area contributed by atoms with Gasteiger partial charge >= 0.3 is 41.4 Å². The molecule has 4 atom stereocenters. The summed E-state index contributed by atoms with van der Waals surface area (Å²) < 4.78 is 27.4. The fourth-order valence-electron chi connectivity index (χ4n) is 9.90. The predicted octanol–water partition coefficient (Wildman–Crippen LogP) is 11.4. The first kappa shape index (κ1) is 118. The van der Waals surface area contributed by atoms with Crippen LogP contribution in [0.5, 0.6) is 0 Å². The lowest BCUT2D eigenvalue weighted by atomic mass is 9.92. The van der Waals surface area contributed by atoms with Crippen molar-refractivity contribution in [3.05, 3.63) is 157 Å². The first-order valence-electron chi connectivity index (χ1n) is 37.0. The van der Waals surface area contributed by atoms with Gasteiger partial charge < -0.3 is 89.5 Å². The molecule has 0 spiro atoms. The van der Waals surface area contributed by atoms with Crippen molar-refractivity contribution in [2.45, 2.75) is 175 Å². The highest BCUT2D eigenvalue weighted by atomic mass is 127. The third-order valence-electron chi connectivity index (χ3n) is 14.9. The van der Waals surface area contributed by atoms with Crippen LogP contribution in [0.3, 0.4) is 0 Å². The molecule has 0 aliphatic rings. The van der Waals surface area contributed by atoms with Crippen molar-refractivity contribution < 1.29 is 107 Å². The second kappa shape index (κ2) is 65.2. The largest absolute Gasteiger partial charge is 0.481 e. The highest BCUT2D eigenvalue weighted by molar-refractivity contribution is 14.1. The number of aliphatic carboxylic acids is 1. The van der Waals surface area contributed by atoms with E-state index in [4.69, 9.17) is 121 Å². The number of alkyl halides is 7. The van der Waals surface area contributed by atoms with Crippen LogP contribution in [0.2, 0.25) is 0 Å². The molecule has 49 heteroatoms. The van der Waals surface area contributed by atoms with E-state index >= 15 is 0 Å². The number of esters is 3. The van der Waals surface area contributed by atoms with Crippen molar-refractivity contribution in [2.24, 2.45) is 5.73 Å². The number of carbonyl (C=O) groups excluding carboxylic acids is 9. The Labute approximate surface area is 772 Å². The Kier molecular flexibility index (Phi) is 62.3. The zero-order valence-electron chi connectivity index (χ0n) is 69.0. The average molecular weight is 2050 g/mol. The van der Waals surface area contributed by atoms with Gasteiger partial charge in [-0.1, -0.05) is 22.6 Å². The summed E-state index contributed by atoms with van der Waals surface area (Å²) in [6.45, 7) is 17.3. The van der Waals surface area contributed by atoms with E-state index in [2.05, 4.69) is 54.2 Å². The summed E-state index contributed by atoms with van der Waals surface area (Å²) in [7, 11) is 3.55. The summed E-state index contributed by atoms with van der Waals surface area (Å²) >= 11 is 43.8. The highest BCUT2D eigenvalue weighted by Crippen LogP contribution is 2.29. The van der Waals surface area contributed by atoms with Gasteiger partial charge in [0, 0.05) is 144 Å². The van der Waals surface area contributed by atoms with Crippen LogP contribution in [0.1, 0.15) is 127 Å². The Morgan fingerprint density at radius 3 is 1.04 bits per heavy atom. The third kappa shape index (κ3) is 55.6. The van der Waals surface area contributed by atoms with Crippen LogP contribution in [-0.4, -0.2) is 252 Å². The van der Waals surface area contributed by atoms with Gasteiger partial charge in [-0.3, -0.25) is 64.4 Å². The molecule has 0 heterocycles. The maximum atomic E-state index is 12.3. The van der Waals surface area contributed by atoms with Gasteiger partial charge in [-0.05, 0) is 180 Å². The molecule has 3 radical (unpaired) electrons. The number of halogens is 9. The van der Waals surface area contributed by atoms with E-state index < -0.39 is 90.1 Å². The SMILES string of the molecule is CC(C)(C)OC(=O)C[C@@H](CI)N[B]C=O.CC(C)(C)OC(=O)C[C@@H](Cc1cc(CO)ccc1[N+](=O)[O-])N[B]C=O.CC(C)(C)OC(=O)C[C@@H](Cc1cc(COC(=O)N(CCCl)CCCl)ccc1[N+](=O)[O-])N[B]C=O.N[C@@H](CC(=O)O)Cc1cc(COC(=O)N(CCCl)CCCl)ccc1[N+](=O)[O-].O=C(Cl)N(CCCl)CCCl.O=[N+]([O-])c1ccc(CO)cc1Br. The molecule has 8 N–H and O–H groups in total. The molecule has 0 saturated carbocycles. The van der Waals surface area contributed by atoms with E-state index in [0.29, 0.717) is 81.3 Å². The number of nitro benzene ring substituents is 4. The number of carboxylic acid groups (broad SMARTS) is 1. The summed E-state index contributed by atoms with van der Waals surface area (Å²) in [5, 5.41) is 78.8. The zero-order valence-corrected chi connectivity index (χ0v) is 78.0. The molecule has 3 amide bonds. The minimum Gasteiger partial charge on any atom is -0.481 e. The second-order valence-corrected chi connectivity index (χ2v) is 32.8. The molecule has 681 valence electrons. The number of ether oxygens (including phenoxy) is 5. The molecular weight excluding hydrogens is 1950 g/mol. The van der Waals surface area contributed by atoms with Crippen LogP contribution in [0, 0.1) is 40.5 Å². The molecule has 37 nitrogen and oxygen atoms in total. The number of hydrogen-bond acceptors (Lipinski definition) is 29. The summed E-state index contributed by atoms with van der Waals surface area (Å²) in [5.41, 5.74) is 6.62.